The molecule has 4 rings (SSSR count). The fourth-order valence-electron chi connectivity index (χ4n) is 3.91. The lowest BCUT2D eigenvalue weighted by atomic mass is 9.88. The van der Waals surface area contributed by atoms with Crippen LogP contribution in [-0.2, 0) is 11.3 Å². The minimum absolute atomic E-state index is 0.0375. The van der Waals surface area contributed by atoms with Crippen LogP contribution in [0.1, 0.15) is 39.1 Å². The molecule has 0 N–H and O–H groups in total. The highest BCUT2D eigenvalue weighted by atomic mass is 16.6. The molecule has 29 heavy (non-hydrogen) atoms. The Morgan fingerprint density at radius 1 is 0.966 bits per heavy atom. The number of fused-ring (bicyclic) bond motifs is 1. The van der Waals surface area contributed by atoms with Gasteiger partial charge in [0.2, 0.25) is 0 Å². The van der Waals surface area contributed by atoms with Crippen LogP contribution in [0.2, 0.25) is 0 Å². The zero-order valence-electron chi connectivity index (χ0n) is 16.6. The molecular formula is C23H25NO5. The maximum absolute atomic E-state index is 12.9. The van der Waals surface area contributed by atoms with E-state index in [1.54, 1.807) is 12.1 Å². The molecule has 2 aromatic rings. The van der Waals surface area contributed by atoms with Crippen molar-refractivity contribution in [1.29, 1.82) is 0 Å². The molecule has 6 heteroatoms. The maximum atomic E-state index is 12.9. The molecule has 1 saturated heterocycles. The Morgan fingerprint density at radius 3 is 2.31 bits per heavy atom. The summed E-state index contributed by atoms with van der Waals surface area (Å²) < 4.78 is 15.9. The second-order valence-corrected chi connectivity index (χ2v) is 7.46. The predicted molar refractivity (Wildman–Crippen MR) is 108 cm³/mol. The van der Waals surface area contributed by atoms with Crippen molar-refractivity contribution in [3.63, 3.8) is 0 Å². The summed E-state index contributed by atoms with van der Waals surface area (Å²) in [5, 5.41) is 0. The normalized spacial score (nSPS) is 17.0. The van der Waals surface area contributed by atoms with E-state index < -0.39 is 0 Å². The van der Waals surface area contributed by atoms with Gasteiger partial charge in [-0.25, -0.2) is 4.79 Å². The number of rotatable bonds is 5. The maximum Gasteiger partial charge on any atom is 0.337 e. The van der Waals surface area contributed by atoms with E-state index in [4.69, 9.17) is 14.2 Å². The molecule has 0 radical (unpaired) electrons. The number of ketones is 1. The minimum Gasteiger partial charge on any atom is -0.486 e. The highest BCUT2D eigenvalue weighted by Gasteiger charge is 2.27. The van der Waals surface area contributed by atoms with Crippen LogP contribution < -0.4 is 9.47 Å². The number of benzene rings is 2. The van der Waals surface area contributed by atoms with Crippen LogP contribution in [0.3, 0.4) is 0 Å². The summed E-state index contributed by atoms with van der Waals surface area (Å²) >= 11 is 0. The lowest BCUT2D eigenvalue weighted by molar-refractivity contribution is 0.0600. The van der Waals surface area contributed by atoms with Gasteiger partial charge in [-0.2, -0.15) is 0 Å². The van der Waals surface area contributed by atoms with E-state index in [1.165, 1.54) is 7.11 Å². The molecule has 6 nitrogen and oxygen atoms in total. The molecule has 0 bridgehead atoms. The van der Waals surface area contributed by atoms with Gasteiger partial charge in [0, 0.05) is 18.0 Å². The van der Waals surface area contributed by atoms with E-state index in [-0.39, 0.29) is 17.7 Å². The van der Waals surface area contributed by atoms with Crippen molar-refractivity contribution >= 4 is 11.8 Å². The van der Waals surface area contributed by atoms with Gasteiger partial charge in [-0.3, -0.25) is 9.69 Å². The Hall–Kier alpha value is -2.86. The number of nitrogens with zero attached hydrogens (tertiary/aromatic N) is 1. The van der Waals surface area contributed by atoms with E-state index in [1.807, 2.05) is 30.3 Å². The number of methoxy groups -OCH3 is 1. The third-order valence-corrected chi connectivity index (χ3v) is 5.57. The topological polar surface area (TPSA) is 65.1 Å². The van der Waals surface area contributed by atoms with E-state index in [9.17, 15) is 9.59 Å². The summed E-state index contributed by atoms with van der Waals surface area (Å²) in [7, 11) is 1.38. The van der Waals surface area contributed by atoms with E-state index >= 15 is 0 Å². The van der Waals surface area contributed by atoms with Crippen molar-refractivity contribution in [2.45, 2.75) is 19.4 Å². The first-order valence-electron chi connectivity index (χ1n) is 9.97. The monoisotopic (exact) mass is 395 g/mol. The van der Waals surface area contributed by atoms with Crippen LogP contribution in [0.5, 0.6) is 11.5 Å². The Bertz CT molecular complexity index is 885. The molecule has 0 saturated carbocycles. The van der Waals surface area contributed by atoms with Crippen molar-refractivity contribution in [2.24, 2.45) is 5.92 Å². The van der Waals surface area contributed by atoms with E-state index in [0.29, 0.717) is 35.8 Å². The van der Waals surface area contributed by atoms with Crippen molar-refractivity contribution in [3.05, 3.63) is 59.2 Å². The number of hydrogen-bond donors (Lipinski definition) is 0. The van der Waals surface area contributed by atoms with Crippen LogP contribution in [0.4, 0.5) is 0 Å². The van der Waals surface area contributed by atoms with Gasteiger partial charge in [-0.05, 0) is 61.8 Å². The summed E-state index contributed by atoms with van der Waals surface area (Å²) in [6, 6.07) is 13.0. The number of Topliss-reactive ketones (excluding diaryl/α,β-unsaturated/α-hetero) is 1. The van der Waals surface area contributed by atoms with Crippen molar-refractivity contribution in [3.8, 4) is 11.5 Å². The van der Waals surface area contributed by atoms with Gasteiger partial charge < -0.3 is 14.2 Å². The molecule has 0 amide bonds. The first kappa shape index (κ1) is 19.5. The summed E-state index contributed by atoms with van der Waals surface area (Å²) in [4.78, 5) is 26.8. The highest BCUT2D eigenvalue weighted by molar-refractivity contribution is 5.98. The summed E-state index contributed by atoms with van der Waals surface area (Å²) in [6.07, 6.45) is 1.68. The van der Waals surface area contributed by atoms with Crippen LogP contribution in [0.15, 0.2) is 42.5 Å². The number of likely N-dealkylation sites (tertiary alicyclic amines) is 1. The summed E-state index contributed by atoms with van der Waals surface area (Å²) in [5.74, 6) is 1.27. The molecule has 152 valence electrons. The lowest BCUT2D eigenvalue weighted by Gasteiger charge is -2.31. The van der Waals surface area contributed by atoms with Gasteiger partial charge in [0.15, 0.2) is 17.3 Å². The van der Waals surface area contributed by atoms with Gasteiger partial charge in [-0.15, -0.1) is 0 Å². The Labute approximate surface area is 170 Å². The van der Waals surface area contributed by atoms with Gasteiger partial charge in [0.1, 0.15) is 13.2 Å². The van der Waals surface area contributed by atoms with Crippen LogP contribution in [0.25, 0.3) is 0 Å². The standard InChI is InChI=1S/C23H25NO5/c1-27-23(26)18-4-2-16(3-5-18)15-24-10-8-17(9-11-24)22(25)19-6-7-20-21(14-19)29-13-12-28-20/h2-7,14,17H,8-13,15H2,1H3. The number of ether oxygens (including phenoxy) is 3. The quantitative estimate of drug-likeness (QED) is 0.572. The molecule has 2 aromatic carbocycles. The average Bonchev–Trinajstić information content (AvgIpc) is 2.79. The minimum atomic E-state index is -0.324. The molecule has 2 heterocycles. The van der Waals surface area contributed by atoms with Gasteiger partial charge in [-0.1, -0.05) is 12.1 Å². The third-order valence-electron chi connectivity index (χ3n) is 5.57. The molecule has 2 aliphatic rings. The second kappa shape index (κ2) is 8.66. The predicted octanol–water partition coefficient (Wildman–Crippen LogP) is 3.34. The second-order valence-electron chi connectivity index (χ2n) is 7.46. The first-order chi connectivity index (χ1) is 14.1. The number of esters is 1. The van der Waals surface area contributed by atoms with Crippen molar-refractivity contribution in [1.82, 2.24) is 4.90 Å². The third kappa shape index (κ3) is 4.43. The Balaban J connectivity index is 1.32. The van der Waals surface area contributed by atoms with Gasteiger partial charge in [0.05, 0.1) is 12.7 Å². The van der Waals surface area contributed by atoms with Crippen molar-refractivity contribution < 1.29 is 23.8 Å². The Kier molecular flexibility index (Phi) is 5.81. The Morgan fingerprint density at radius 2 is 1.62 bits per heavy atom. The zero-order chi connectivity index (χ0) is 20.2. The molecule has 2 aliphatic heterocycles. The summed E-state index contributed by atoms with van der Waals surface area (Å²) in [6.45, 7) is 3.62. The number of carbonyl (C=O) groups is 2. The van der Waals surface area contributed by atoms with E-state index in [2.05, 4.69) is 4.90 Å². The molecule has 0 atom stereocenters. The van der Waals surface area contributed by atoms with Crippen LogP contribution >= 0.6 is 0 Å². The number of carbonyl (C=O) groups excluding carboxylic acids is 2. The molecule has 0 aromatic heterocycles. The summed E-state index contributed by atoms with van der Waals surface area (Å²) in [5.41, 5.74) is 2.40. The van der Waals surface area contributed by atoms with Crippen molar-refractivity contribution in [2.75, 3.05) is 33.4 Å². The lowest BCUT2D eigenvalue weighted by Crippen LogP contribution is -2.36. The van der Waals surface area contributed by atoms with Gasteiger partial charge >= 0.3 is 5.97 Å². The van der Waals surface area contributed by atoms with Gasteiger partial charge in [0.25, 0.3) is 0 Å². The number of hydrogen-bond acceptors (Lipinski definition) is 6. The highest BCUT2D eigenvalue weighted by Crippen LogP contribution is 2.32. The molecule has 1 fully saturated rings. The molecule has 0 unspecified atom stereocenters. The first-order valence-corrected chi connectivity index (χ1v) is 9.97. The van der Waals surface area contributed by atoms with Crippen LogP contribution in [-0.4, -0.2) is 50.1 Å². The SMILES string of the molecule is COC(=O)c1ccc(CN2CCC(C(=O)c3ccc4c(c3)OCCO4)CC2)cc1. The fraction of sp³-hybridized carbons (Fsp3) is 0.391. The smallest absolute Gasteiger partial charge is 0.337 e. The molecular weight excluding hydrogens is 370 g/mol. The van der Waals surface area contributed by atoms with Crippen LogP contribution in [0, 0.1) is 5.92 Å². The molecule has 0 spiro atoms. The molecule has 0 aliphatic carbocycles. The van der Waals surface area contributed by atoms with E-state index in [0.717, 1.165) is 38.0 Å². The average molecular weight is 395 g/mol. The fourth-order valence-corrected chi connectivity index (χ4v) is 3.91. The number of piperidine rings is 1. The zero-order valence-corrected chi connectivity index (χ0v) is 16.6. The largest absolute Gasteiger partial charge is 0.486 e.